The van der Waals surface area contributed by atoms with Crippen LogP contribution in [-0.2, 0) is 6.54 Å². The van der Waals surface area contributed by atoms with Gasteiger partial charge in [-0.05, 0) is 50.4 Å². The molecule has 17 heavy (non-hydrogen) atoms. The molecule has 2 rings (SSSR count). The molecule has 0 fully saturated rings. The minimum Gasteiger partial charge on any atom is -1.00 e. The molecular weight excluding hydrogens is 296 g/mol. The molecule has 0 saturated carbocycles. The molecular formula is C13H19BrN2S. The van der Waals surface area contributed by atoms with Crippen LogP contribution in [0.4, 0.5) is 0 Å². The van der Waals surface area contributed by atoms with Gasteiger partial charge in [0, 0.05) is 11.2 Å². The van der Waals surface area contributed by atoms with E-state index in [-0.39, 0.29) is 17.0 Å². The third-order valence-electron chi connectivity index (χ3n) is 2.89. The van der Waals surface area contributed by atoms with E-state index in [1.807, 2.05) is 0 Å². The molecule has 1 aliphatic carbocycles. The van der Waals surface area contributed by atoms with Gasteiger partial charge in [0.2, 0.25) is 0 Å². The second-order valence-corrected chi connectivity index (χ2v) is 5.39. The van der Waals surface area contributed by atoms with Crippen molar-refractivity contribution < 1.29 is 21.7 Å². The Balaban J connectivity index is 0.00000144. The second kappa shape index (κ2) is 7.07. The van der Waals surface area contributed by atoms with Crippen molar-refractivity contribution in [3.05, 3.63) is 28.2 Å². The van der Waals surface area contributed by atoms with Crippen LogP contribution in [0.3, 0.4) is 0 Å². The first-order valence-corrected chi connectivity index (χ1v) is 6.82. The first-order chi connectivity index (χ1) is 7.79. The molecule has 0 aliphatic heterocycles. The SMILES string of the molecule is CC[n+]1nc(C)sc1C=CC1CC=CCC1.[Br-]. The molecule has 1 aromatic heterocycles. The largest absolute Gasteiger partial charge is 1.00 e. The van der Waals surface area contributed by atoms with Crippen molar-refractivity contribution in [2.75, 3.05) is 0 Å². The van der Waals surface area contributed by atoms with Crippen LogP contribution in [0.25, 0.3) is 6.08 Å². The van der Waals surface area contributed by atoms with Crippen LogP contribution < -0.4 is 21.7 Å². The van der Waals surface area contributed by atoms with Gasteiger partial charge in [-0.2, -0.15) is 0 Å². The summed E-state index contributed by atoms with van der Waals surface area (Å²) in [6.45, 7) is 5.16. The van der Waals surface area contributed by atoms with E-state index in [4.69, 9.17) is 0 Å². The Labute approximate surface area is 118 Å². The smallest absolute Gasteiger partial charge is 0.288 e. The lowest BCUT2D eigenvalue weighted by molar-refractivity contribution is -0.747. The van der Waals surface area contributed by atoms with Gasteiger partial charge in [-0.3, -0.25) is 0 Å². The summed E-state index contributed by atoms with van der Waals surface area (Å²) in [6.07, 6.45) is 12.9. The first kappa shape index (κ1) is 14.6. The Kier molecular flexibility index (Phi) is 6.06. The van der Waals surface area contributed by atoms with Gasteiger partial charge in [0.1, 0.15) is 0 Å². The lowest BCUT2D eigenvalue weighted by atomic mass is 9.94. The Morgan fingerprint density at radius 3 is 3.00 bits per heavy atom. The summed E-state index contributed by atoms with van der Waals surface area (Å²) in [5, 5.41) is 6.88. The summed E-state index contributed by atoms with van der Waals surface area (Å²) in [4.78, 5) is 0. The highest BCUT2D eigenvalue weighted by atomic mass is 79.9. The van der Waals surface area contributed by atoms with Crippen molar-refractivity contribution in [3.8, 4) is 0 Å². The van der Waals surface area contributed by atoms with Crippen LogP contribution in [0.15, 0.2) is 18.2 Å². The van der Waals surface area contributed by atoms with Crippen molar-refractivity contribution in [2.45, 2.75) is 39.7 Å². The zero-order chi connectivity index (χ0) is 11.4. The summed E-state index contributed by atoms with van der Waals surface area (Å²) in [6, 6.07) is 0. The minimum atomic E-state index is 0. The molecule has 1 atom stereocenters. The summed E-state index contributed by atoms with van der Waals surface area (Å²) in [5.41, 5.74) is 0. The highest BCUT2D eigenvalue weighted by Gasteiger charge is 2.13. The number of rotatable bonds is 3. The number of allylic oxidation sites excluding steroid dienone is 3. The Morgan fingerprint density at radius 1 is 1.53 bits per heavy atom. The van der Waals surface area contributed by atoms with E-state index < -0.39 is 0 Å². The topological polar surface area (TPSA) is 16.8 Å². The maximum absolute atomic E-state index is 4.46. The molecule has 0 N–H and O–H groups in total. The van der Waals surface area contributed by atoms with E-state index in [9.17, 15) is 0 Å². The monoisotopic (exact) mass is 314 g/mol. The lowest BCUT2D eigenvalue weighted by Crippen LogP contribution is -3.00. The van der Waals surface area contributed by atoms with E-state index >= 15 is 0 Å². The molecule has 2 nitrogen and oxygen atoms in total. The molecule has 94 valence electrons. The van der Waals surface area contributed by atoms with Crippen LogP contribution in [0.2, 0.25) is 0 Å². The van der Waals surface area contributed by atoms with Gasteiger partial charge in [0.05, 0.1) is 0 Å². The van der Waals surface area contributed by atoms with Gasteiger partial charge in [-0.15, -0.1) is 0 Å². The zero-order valence-electron chi connectivity index (χ0n) is 10.4. The summed E-state index contributed by atoms with van der Waals surface area (Å²) >= 11 is 1.77. The van der Waals surface area contributed by atoms with Gasteiger partial charge in [0.15, 0.2) is 11.6 Å². The number of nitrogens with zero attached hydrogens (tertiary/aromatic N) is 2. The Hall–Kier alpha value is -0.480. The number of aromatic nitrogens is 2. The van der Waals surface area contributed by atoms with Gasteiger partial charge in [-0.25, -0.2) is 0 Å². The normalized spacial score (nSPS) is 19.5. The predicted molar refractivity (Wildman–Crippen MR) is 68.2 cm³/mol. The molecule has 0 spiro atoms. The average molecular weight is 315 g/mol. The molecule has 0 saturated heterocycles. The molecule has 1 aliphatic rings. The quantitative estimate of drug-likeness (QED) is 0.572. The van der Waals surface area contributed by atoms with Gasteiger partial charge in [0.25, 0.3) is 5.01 Å². The second-order valence-electron chi connectivity index (χ2n) is 4.18. The Morgan fingerprint density at radius 2 is 2.35 bits per heavy atom. The fraction of sp³-hybridized carbons (Fsp3) is 0.538. The predicted octanol–water partition coefficient (Wildman–Crippen LogP) is 0.132. The van der Waals surface area contributed by atoms with E-state index in [2.05, 4.69) is 47.9 Å². The summed E-state index contributed by atoms with van der Waals surface area (Å²) in [7, 11) is 0. The minimum absolute atomic E-state index is 0. The maximum Gasteiger partial charge on any atom is 0.288 e. The highest BCUT2D eigenvalue weighted by molar-refractivity contribution is 7.11. The van der Waals surface area contributed by atoms with Crippen LogP contribution >= 0.6 is 11.3 Å². The van der Waals surface area contributed by atoms with Crippen LogP contribution in [0, 0.1) is 12.8 Å². The van der Waals surface area contributed by atoms with E-state index in [1.165, 1.54) is 24.3 Å². The van der Waals surface area contributed by atoms with Crippen molar-refractivity contribution in [1.82, 2.24) is 5.10 Å². The molecule has 1 heterocycles. The zero-order valence-corrected chi connectivity index (χ0v) is 12.8. The fourth-order valence-corrected chi connectivity index (χ4v) is 2.86. The Bertz CT molecular complexity index is 410. The molecule has 1 unspecified atom stereocenters. The van der Waals surface area contributed by atoms with Gasteiger partial charge < -0.3 is 17.0 Å². The fourth-order valence-electron chi connectivity index (χ4n) is 2.00. The lowest BCUT2D eigenvalue weighted by Gasteiger charge is -2.11. The number of aryl methyl sites for hydroxylation is 2. The maximum atomic E-state index is 4.46. The van der Waals surface area contributed by atoms with E-state index in [0.717, 1.165) is 17.5 Å². The first-order valence-electron chi connectivity index (χ1n) is 6.00. The van der Waals surface area contributed by atoms with Crippen LogP contribution in [-0.4, -0.2) is 5.10 Å². The van der Waals surface area contributed by atoms with Crippen molar-refractivity contribution >= 4 is 17.4 Å². The van der Waals surface area contributed by atoms with Gasteiger partial charge in [-0.1, -0.05) is 22.9 Å². The number of halogens is 1. The van der Waals surface area contributed by atoms with E-state index in [0.29, 0.717) is 0 Å². The van der Waals surface area contributed by atoms with Crippen LogP contribution in [0.5, 0.6) is 0 Å². The van der Waals surface area contributed by atoms with Crippen molar-refractivity contribution in [1.29, 1.82) is 0 Å². The van der Waals surface area contributed by atoms with Crippen molar-refractivity contribution in [2.24, 2.45) is 5.92 Å². The molecule has 0 amide bonds. The molecule has 1 aromatic rings. The molecule has 0 bridgehead atoms. The highest BCUT2D eigenvalue weighted by Crippen LogP contribution is 2.20. The van der Waals surface area contributed by atoms with Gasteiger partial charge >= 0.3 is 0 Å². The third kappa shape index (κ3) is 4.03. The molecule has 0 aromatic carbocycles. The van der Waals surface area contributed by atoms with Crippen LogP contribution in [0.1, 0.15) is 36.2 Å². The van der Waals surface area contributed by atoms with Crippen molar-refractivity contribution in [3.63, 3.8) is 0 Å². The molecule has 0 radical (unpaired) electrons. The average Bonchev–Trinajstić information content (AvgIpc) is 2.68. The number of hydrogen-bond donors (Lipinski definition) is 0. The molecule has 4 heteroatoms. The standard InChI is InChI=1S/C13H19N2S.BrH/c1-3-15-13(16-11(2)14-15)10-9-12-7-5-4-6-8-12;/h4-5,9-10,12H,3,6-8H2,1-2H3;1H/q+1;/p-1. The summed E-state index contributed by atoms with van der Waals surface area (Å²) in [5.74, 6) is 0.720. The van der Waals surface area contributed by atoms with E-state index in [1.54, 1.807) is 11.3 Å². The third-order valence-corrected chi connectivity index (χ3v) is 3.82. The number of hydrogen-bond acceptors (Lipinski definition) is 2. The summed E-state index contributed by atoms with van der Waals surface area (Å²) < 4.78 is 2.08.